The van der Waals surface area contributed by atoms with Crippen molar-refractivity contribution in [2.75, 3.05) is 0 Å². The van der Waals surface area contributed by atoms with E-state index in [4.69, 9.17) is 5.14 Å². The number of nitrogens with zero attached hydrogens (tertiary/aromatic N) is 1. The van der Waals surface area contributed by atoms with E-state index in [1.807, 2.05) is 12.3 Å². The Morgan fingerprint density at radius 2 is 1.88 bits per heavy atom. The molecule has 1 aliphatic rings. The molecule has 0 spiro atoms. The highest BCUT2D eigenvalue weighted by atomic mass is 32.2. The van der Waals surface area contributed by atoms with Crippen LogP contribution in [0.4, 0.5) is 0 Å². The molecule has 0 unspecified atom stereocenters. The molecule has 0 amide bonds. The summed E-state index contributed by atoms with van der Waals surface area (Å²) in [6.45, 7) is 2.25. The summed E-state index contributed by atoms with van der Waals surface area (Å²) in [5.74, 6) is 0.558. The van der Waals surface area contributed by atoms with Crippen LogP contribution in [0.1, 0.15) is 32.2 Å². The number of nitrogens with one attached hydrogen (secondary N) is 1. The average molecular weight is 371 g/mol. The first-order chi connectivity index (χ1) is 12.4. The summed E-state index contributed by atoms with van der Waals surface area (Å²) in [5, 5.41) is 5.81. The van der Waals surface area contributed by atoms with Crippen LogP contribution in [0, 0.1) is 5.92 Å². The number of nitrogens with two attached hydrogens (primary N) is 1. The molecule has 1 aromatic carbocycles. The fourth-order valence-corrected chi connectivity index (χ4v) is 4.59. The lowest BCUT2D eigenvalue weighted by atomic mass is 10.1. The zero-order valence-electron chi connectivity index (χ0n) is 14.5. The second-order valence-corrected chi connectivity index (χ2v) is 8.62. The first-order valence-corrected chi connectivity index (χ1v) is 10.3. The second kappa shape index (κ2) is 6.10. The molecule has 1 fully saturated rings. The van der Waals surface area contributed by atoms with E-state index in [9.17, 15) is 13.2 Å². The summed E-state index contributed by atoms with van der Waals surface area (Å²) in [6.07, 6.45) is 7.17. The molecule has 3 aromatic rings. The van der Waals surface area contributed by atoms with Crippen LogP contribution in [0.5, 0.6) is 0 Å². The fraction of sp³-hybridized carbons (Fsp3) is 0.316. The Hall–Kier alpha value is -2.38. The summed E-state index contributed by atoms with van der Waals surface area (Å²) < 4.78 is 25.2. The van der Waals surface area contributed by atoms with Crippen LogP contribution in [0.25, 0.3) is 22.0 Å². The number of rotatable bonds is 3. The van der Waals surface area contributed by atoms with Gasteiger partial charge in [-0.3, -0.25) is 4.79 Å². The Bertz CT molecular complexity index is 1130. The van der Waals surface area contributed by atoms with Gasteiger partial charge in [0.15, 0.2) is 0 Å². The van der Waals surface area contributed by atoms with Gasteiger partial charge in [-0.05, 0) is 42.5 Å². The van der Waals surface area contributed by atoms with Gasteiger partial charge >= 0.3 is 0 Å². The summed E-state index contributed by atoms with van der Waals surface area (Å²) in [6, 6.07) is 8.65. The minimum Gasteiger partial charge on any atom is -0.343 e. The predicted molar refractivity (Wildman–Crippen MR) is 101 cm³/mol. The number of primary sulfonamides is 1. The highest BCUT2D eigenvalue weighted by Gasteiger charge is 2.27. The van der Waals surface area contributed by atoms with Crippen LogP contribution < -0.4 is 10.7 Å². The van der Waals surface area contributed by atoms with Gasteiger partial charge in [0.1, 0.15) is 0 Å². The maximum atomic E-state index is 12.5. The molecular formula is C19H21N3O3S. The molecule has 2 heterocycles. The van der Waals surface area contributed by atoms with E-state index in [-0.39, 0.29) is 10.5 Å². The number of hydrogen-bond donors (Lipinski definition) is 2. The van der Waals surface area contributed by atoms with Gasteiger partial charge < -0.3 is 9.55 Å². The molecule has 0 bridgehead atoms. The molecule has 0 saturated heterocycles. The summed E-state index contributed by atoms with van der Waals surface area (Å²) in [4.78, 5) is 15.3. The molecule has 136 valence electrons. The lowest BCUT2D eigenvalue weighted by molar-refractivity contribution is 0.418. The van der Waals surface area contributed by atoms with Gasteiger partial charge in [0.2, 0.25) is 10.0 Å². The third kappa shape index (κ3) is 2.77. The Kier molecular flexibility index (Phi) is 4.00. The zero-order chi connectivity index (χ0) is 18.5. The maximum Gasteiger partial charge on any atom is 0.258 e. The molecule has 3 N–H and O–H groups in total. The standard InChI is InChI=1S/C19H21N3O3S/c1-12-3-2-4-16(12)22-11-15(18-17(22)9-10-21-19(18)23)13-5-7-14(8-6-13)26(20,24)25/h5-12,16H,2-4H2,1H3,(H,21,23)(H2,20,24,25)/t12-,16+/m0/s1. The van der Waals surface area contributed by atoms with Gasteiger partial charge in [-0.2, -0.15) is 0 Å². The zero-order valence-corrected chi connectivity index (χ0v) is 15.3. The average Bonchev–Trinajstić information content (AvgIpc) is 3.18. The van der Waals surface area contributed by atoms with E-state index in [2.05, 4.69) is 16.5 Å². The summed E-state index contributed by atoms with van der Waals surface area (Å²) >= 11 is 0. The topological polar surface area (TPSA) is 97.9 Å². The minimum absolute atomic E-state index is 0.0586. The van der Waals surface area contributed by atoms with Crippen LogP contribution in [0.2, 0.25) is 0 Å². The molecule has 7 heteroatoms. The summed E-state index contributed by atoms with van der Waals surface area (Å²) in [5.41, 5.74) is 2.38. The molecule has 4 rings (SSSR count). The molecule has 0 radical (unpaired) electrons. The maximum absolute atomic E-state index is 12.5. The molecule has 1 aliphatic carbocycles. The van der Waals surface area contributed by atoms with Crippen molar-refractivity contribution in [3.8, 4) is 11.1 Å². The number of benzene rings is 1. The van der Waals surface area contributed by atoms with Crippen LogP contribution in [0.3, 0.4) is 0 Å². The SMILES string of the molecule is C[C@H]1CCC[C@H]1n1cc(-c2ccc(S(N)(=O)=O)cc2)c2c(=O)[nH]ccc21. The smallest absolute Gasteiger partial charge is 0.258 e. The van der Waals surface area contributed by atoms with Crippen molar-refractivity contribution in [3.63, 3.8) is 0 Å². The van der Waals surface area contributed by atoms with Crippen molar-refractivity contribution < 1.29 is 8.42 Å². The van der Waals surface area contributed by atoms with Crippen LogP contribution >= 0.6 is 0 Å². The molecule has 2 aromatic heterocycles. The normalized spacial score (nSPS) is 20.7. The van der Waals surface area contributed by atoms with Crippen LogP contribution in [-0.2, 0) is 10.0 Å². The third-order valence-electron chi connectivity index (χ3n) is 5.42. The van der Waals surface area contributed by atoms with Crippen LogP contribution in [0.15, 0.2) is 52.4 Å². The molecule has 1 saturated carbocycles. The Labute approximate surface area is 151 Å². The first-order valence-electron chi connectivity index (χ1n) is 8.72. The van der Waals surface area contributed by atoms with Crippen molar-refractivity contribution >= 4 is 20.9 Å². The number of fused-ring (bicyclic) bond motifs is 1. The molecule has 0 aliphatic heterocycles. The van der Waals surface area contributed by atoms with Crippen molar-refractivity contribution in [2.45, 2.75) is 37.1 Å². The van der Waals surface area contributed by atoms with Gasteiger partial charge in [-0.1, -0.05) is 25.5 Å². The number of pyridine rings is 1. The Morgan fingerprint density at radius 3 is 2.50 bits per heavy atom. The van der Waals surface area contributed by atoms with Crippen molar-refractivity contribution in [3.05, 3.63) is 53.1 Å². The van der Waals surface area contributed by atoms with Gasteiger partial charge in [0.25, 0.3) is 5.56 Å². The number of aromatic nitrogens is 2. The molecule has 2 atom stereocenters. The number of H-pyrrole nitrogens is 1. The molecular weight excluding hydrogens is 350 g/mol. The van der Waals surface area contributed by atoms with Gasteiger partial charge in [-0.25, -0.2) is 13.6 Å². The Balaban J connectivity index is 1.92. The first kappa shape index (κ1) is 17.1. The van der Waals surface area contributed by atoms with Crippen LogP contribution in [-0.4, -0.2) is 18.0 Å². The monoisotopic (exact) mass is 371 g/mol. The largest absolute Gasteiger partial charge is 0.343 e. The lowest BCUT2D eigenvalue weighted by Gasteiger charge is -2.18. The molecule has 26 heavy (non-hydrogen) atoms. The Morgan fingerprint density at radius 1 is 1.15 bits per heavy atom. The van der Waals surface area contributed by atoms with E-state index in [0.717, 1.165) is 23.1 Å². The van der Waals surface area contributed by atoms with E-state index in [0.29, 0.717) is 17.3 Å². The number of aromatic amines is 1. The fourth-order valence-electron chi connectivity index (χ4n) is 4.07. The van der Waals surface area contributed by atoms with Crippen molar-refractivity contribution in [1.82, 2.24) is 9.55 Å². The van der Waals surface area contributed by atoms with Gasteiger partial charge in [0, 0.05) is 24.0 Å². The van der Waals surface area contributed by atoms with Crippen molar-refractivity contribution in [2.24, 2.45) is 11.1 Å². The van der Waals surface area contributed by atoms with Crippen molar-refractivity contribution in [1.29, 1.82) is 0 Å². The second-order valence-electron chi connectivity index (χ2n) is 7.06. The van der Waals surface area contributed by atoms with E-state index in [1.54, 1.807) is 18.3 Å². The lowest BCUT2D eigenvalue weighted by Crippen LogP contribution is -2.11. The van der Waals surface area contributed by atoms with Gasteiger partial charge in [-0.15, -0.1) is 0 Å². The van der Waals surface area contributed by atoms with E-state index in [1.165, 1.54) is 25.0 Å². The minimum atomic E-state index is -3.74. The predicted octanol–water partition coefficient (Wildman–Crippen LogP) is 3.01. The highest BCUT2D eigenvalue weighted by Crippen LogP contribution is 2.39. The summed E-state index contributed by atoms with van der Waals surface area (Å²) in [7, 11) is -3.74. The third-order valence-corrected chi connectivity index (χ3v) is 6.35. The van der Waals surface area contributed by atoms with Gasteiger partial charge in [0.05, 0.1) is 15.8 Å². The number of hydrogen-bond acceptors (Lipinski definition) is 3. The number of sulfonamides is 1. The quantitative estimate of drug-likeness (QED) is 0.740. The van der Waals surface area contributed by atoms with E-state index >= 15 is 0 Å². The molecule has 6 nitrogen and oxygen atoms in total. The van der Waals surface area contributed by atoms with E-state index < -0.39 is 10.0 Å². The highest BCUT2D eigenvalue weighted by molar-refractivity contribution is 7.89.